The predicted molar refractivity (Wildman–Crippen MR) is 104 cm³/mol. The Morgan fingerprint density at radius 3 is 2.59 bits per heavy atom. The fraction of sp³-hybridized carbons (Fsp3) is 0.136. The molecule has 0 radical (unpaired) electrons. The van der Waals surface area contributed by atoms with Gasteiger partial charge in [0.05, 0.1) is 22.7 Å². The topological polar surface area (TPSA) is 63.7 Å². The molecule has 0 fully saturated rings. The lowest BCUT2D eigenvalue weighted by Gasteiger charge is -2.10. The molecular formula is C22H18N4O. The van der Waals surface area contributed by atoms with Gasteiger partial charge in [-0.1, -0.05) is 48.5 Å². The molecule has 0 aliphatic heterocycles. The quantitative estimate of drug-likeness (QED) is 0.545. The number of nitrogens with zero attached hydrogens (tertiary/aromatic N) is 4. The van der Waals surface area contributed by atoms with Gasteiger partial charge in [-0.05, 0) is 24.1 Å². The minimum absolute atomic E-state index is 0.285. The zero-order valence-corrected chi connectivity index (χ0v) is 15.2. The fourth-order valence-electron chi connectivity index (χ4n) is 3.25. The van der Waals surface area contributed by atoms with Gasteiger partial charge in [-0.15, -0.1) is 0 Å². The Morgan fingerprint density at radius 1 is 1.07 bits per heavy atom. The van der Waals surface area contributed by atoms with E-state index in [1.165, 1.54) is 0 Å². The minimum atomic E-state index is 0.285. The molecule has 0 bridgehead atoms. The van der Waals surface area contributed by atoms with Crippen LogP contribution in [0.25, 0.3) is 22.2 Å². The van der Waals surface area contributed by atoms with E-state index in [0.717, 1.165) is 33.4 Å². The number of benzene rings is 2. The first-order valence-corrected chi connectivity index (χ1v) is 8.68. The molecule has 0 saturated heterocycles. The predicted octanol–water partition coefficient (Wildman–Crippen LogP) is 4.39. The van der Waals surface area contributed by atoms with Crippen LogP contribution in [0.5, 0.6) is 5.88 Å². The van der Waals surface area contributed by atoms with Gasteiger partial charge in [0.15, 0.2) is 5.65 Å². The molecule has 2 aromatic heterocycles. The smallest absolute Gasteiger partial charge is 0.216 e. The lowest BCUT2D eigenvalue weighted by atomic mass is 10.0. The molecule has 0 spiro atoms. The molecule has 0 saturated carbocycles. The summed E-state index contributed by atoms with van der Waals surface area (Å²) in [5.41, 5.74) is 5.28. The first-order chi connectivity index (χ1) is 13.2. The average molecular weight is 354 g/mol. The number of nitriles is 1. The van der Waals surface area contributed by atoms with E-state index in [9.17, 15) is 5.26 Å². The Kier molecular flexibility index (Phi) is 4.31. The number of aromatic nitrogens is 3. The van der Waals surface area contributed by atoms with Crippen molar-refractivity contribution in [2.45, 2.75) is 13.5 Å². The van der Waals surface area contributed by atoms with Crippen molar-refractivity contribution in [2.24, 2.45) is 7.05 Å². The van der Waals surface area contributed by atoms with Crippen LogP contribution < -0.4 is 4.74 Å². The highest BCUT2D eigenvalue weighted by Gasteiger charge is 2.15. The van der Waals surface area contributed by atoms with Crippen LogP contribution in [0.15, 0.2) is 60.7 Å². The summed E-state index contributed by atoms with van der Waals surface area (Å²) >= 11 is 0. The van der Waals surface area contributed by atoms with E-state index in [1.54, 1.807) is 10.7 Å². The van der Waals surface area contributed by atoms with Crippen molar-refractivity contribution in [2.75, 3.05) is 0 Å². The van der Waals surface area contributed by atoms with Crippen molar-refractivity contribution >= 4 is 11.0 Å². The van der Waals surface area contributed by atoms with Gasteiger partial charge < -0.3 is 4.74 Å². The molecule has 0 unspecified atom stereocenters. The van der Waals surface area contributed by atoms with Crippen molar-refractivity contribution in [3.05, 3.63) is 77.5 Å². The lowest BCUT2D eigenvalue weighted by molar-refractivity contribution is 0.294. The van der Waals surface area contributed by atoms with Crippen LogP contribution in [0.1, 0.15) is 16.8 Å². The van der Waals surface area contributed by atoms with Gasteiger partial charge in [0.25, 0.3) is 0 Å². The van der Waals surface area contributed by atoms with E-state index in [4.69, 9.17) is 4.74 Å². The van der Waals surface area contributed by atoms with Gasteiger partial charge in [0.1, 0.15) is 6.61 Å². The molecule has 2 heterocycles. The maximum absolute atomic E-state index is 9.26. The van der Waals surface area contributed by atoms with Crippen molar-refractivity contribution in [3.8, 4) is 23.1 Å². The summed E-state index contributed by atoms with van der Waals surface area (Å²) in [6, 6.07) is 21.7. The van der Waals surface area contributed by atoms with Gasteiger partial charge in [-0.2, -0.15) is 15.3 Å². The molecule has 4 rings (SSSR count). The zero-order chi connectivity index (χ0) is 18.8. The highest BCUT2D eigenvalue weighted by atomic mass is 16.5. The third-order valence-corrected chi connectivity index (χ3v) is 4.54. The van der Waals surface area contributed by atoms with Gasteiger partial charge >= 0.3 is 0 Å². The molecule has 0 aliphatic rings. The zero-order valence-electron chi connectivity index (χ0n) is 15.2. The van der Waals surface area contributed by atoms with Crippen molar-refractivity contribution in [1.82, 2.24) is 14.8 Å². The SMILES string of the molecule is Cc1nn(C)c2nc(OCc3ccccc3C#N)cc(-c3ccccc3)c12. The molecule has 27 heavy (non-hydrogen) atoms. The fourth-order valence-corrected chi connectivity index (χ4v) is 3.25. The molecule has 0 aliphatic carbocycles. The third kappa shape index (κ3) is 3.13. The maximum Gasteiger partial charge on any atom is 0.216 e. The molecule has 132 valence electrons. The van der Waals surface area contributed by atoms with Crippen LogP contribution in [-0.2, 0) is 13.7 Å². The summed E-state index contributed by atoms with van der Waals surface area (Å²) < 4.78 is 7.74. The number of pyridine rings is 1. The average Bonchev–Trinajstić information content (AvgIpc) is 3.00. The van der Waals surface area contributed by atoms with Crippen LogP contribution >= 0.6 is 0 Å². The summed E-state index contributed by atoms with van der Waals surface area (Å²) in [5.74, 6) is 0.511. The van der Waals surface area contributed by atoms with E-state index >= 15 is 0 Å². The van der Waals surface area contributed by atoms with Crippen molar-refractivity contribution in [3.63, 3.8) is 0 Å². The van der Waals surface area contributed by atoms with Gasteiger partial charge in [-0.3, -0.25) is 4.68 Å². The maximum atomic E-state index is 9.26. The van der Waals surface area contributed by atoms with Crippen LogP contribution in [0, 0.1) is 18.3 Å². The van der Waals surface area contributed by atoms with E-state index in [0.29, 0.717) is 11.4 Å². The van der Waals surface area contributed by atoms with Gasteiger partial charge in [0.2, 0.25) is 5.88 Å². The van der Waals surface area contributed by atoms with E-state index in [2.05, 4.69) is 28.3 Å². The number of hydrogen-bond donors (Lipinski definition) is 0. The largest absolute Gasteiger partial charge is 0.473 e. The first-order valence-electron chi connectivity index (χ1n) is 8.68. The van der Waals surface area contributed by atoms with Crippen LogP contribution in [0.3, 0.4) is 0 Å². The second-order valence-corrected chi connectivity index (χ2v) is 6.34. The molecule has 0 amide bonds. The Bertz CT molecular complexity index is 1160. The minimum Gasteiger partial charge on any atom is -0.473 e. The monoisotopic (exact) mass is 354 g/mol. The third-order valence-electron chi connectivity index (χ3n) is 4.54. The normalized spacial score (nSPS) is 10.7. The standard InChI is InChI=1S/C22H18N4O/c1-15-21-19(16-8-4-3-5-9-16)12-20(24-22(21)26(2)25-15)27-14-18-11-7-6-10-17(18)13-23/h3-12H,14H2,1-2H3. The highest BCUT2D eigenvalue weighted by Crippen LogP contribution is 2.33. The van der Waals surface area contributed by atoms with Crippen molar-refractivity contribution in [1.29, 1.82) is 5.26 Å². The molecule has 0 N–H and O–H groups in total. The highest BCUT2D eigenvalue weighted by molar-refractivity contribution is 5.95. The van der Waals surface area contributed by atoms with Crippen LogP contribution in [-0.4, -0.2) is 14.8 Å². The van der Waals surface area contributed by atoms with E-state index in [1.807, 2.05) is 56.4 Å². The number of rotatable bonds is 4. The van der Waals surface area contributed by atoms with Gasteiger partial charge in [0, 0.05) is 18.7 Å². The molecular weight excluding hydrogens is 336 g/mol. The summed E-state index contributed by atoms with van der Waals surface area (Å²) in [4.78, 5) is 4.65. The number of fused-ring (bicyclic) bond motifs is 1. The Labute approximate surface area is 157 Å². The number of hydrogen-bond acceptors (Lipinski definition) is 4. The molecule has 4 aromatic rings. The summed E-state index contributed by atoms with van der Waals surface area (Å²) in [7, 11) is 1.88. The molecule has 0 atom stereocenters. The van der Waals surface area contributed by atoms with E-state index in [-0.39, 0.29) is 6.61 Å². The molecule has 5 nitrogen and oxygen atoms in total. The van der Waals surface area contributed by atoms with Crippen molar-refractivity contribution < 1.29 is 4.74 Å². The Morgan fingerprint density at radius 2 is 1.81 bits per heavy atom. The van der Waals surface area contributed by atoms with Crippen LogP contribution in [0.4, 0.5) is 0 Å². The van der Waals surface area contributed by atoms with E-state index < -0.39 is 0 Å². The first kappa shape index (κ1) is 16.8. The molecule has 5 heteroatoms. The Balaban J connectivity index is 1.78. The molecule has 2 aromatic carbocycles. The summed E-state index contributed by atoms with van der Waals surface area (Å²) in [6.07, 6.45) is 0. The summed E-state index contributed by atoms with van der Waals surface area (Å²) in [6.45, 7) is 2.27. The lowest BCUT2D eigenvalue weighted by Crippen LogP contribution is -2.01. The Hall–Kier alpha value is -3.65. The summed E-state index contributed by atoms with van der Waals surface area (Å²) in [5, 5.41) is 14.8. The van der Waals surface area contributed by atoms with Crippen LogP contribution in [0.2, 0.25) is 0 Å². The number of aryl methyl sites for hydroxylation is 2. The second kappa shape index (κ2) is 6.93. The second-order valence-electron chi connectivity index (χ2n) is 6.34. The van der Waals surface area contributed by atoms with Gasteiger partial charge in [-0.25, -0.2) is 0 Å². The number of ether oxygens (including phenoxy) is 1.